The molecule has 1 aliphatic heterocycles. The normalized spacial score (nSPS) is 18.4. The molecule has 208 valence electrons. The maximum atomic E-state index is 6.93. The molecule has 3 N–H and O–H groups in total. The fourth-order valence-electron chi connectivity index (χ4n) is 5.30. The van der Waals surface area contributed by atoms with Crippen LogP contribution in [-0.4, -0.2) is 89.1 Å². The Hall–Kier alpha value is -1.61. The first kappa shape index (κ1) is 31.6. The molecule has 1 fully saturated rings. The van der Waals surface area contributed by atoms with Crippen LogP contribution in [0.3, 0.4) is 0 Å². The minimum atomic E-state index is -0.0936. The molecule has 0 radical (unpaired) electrons. The number of nitrogens with one attached hydrogen (secondary N) is 1. The lowest BCUT2D eigenvalue weighted by atomic mass is 9.78. The lowest BCUT2D eigenvalue weighted by Gasteiger charge is -2.40. The highest BCUT2D eigenvalue weighted by atomic mass is 35.5. The molecule has 0 aliphatic carbocycles. The van der Waals surface area contributed by atoms with Crippen LogP contribution in [0.4, 0.5) is 0 Å². The van der Waals surface area contributed by atoms with Gasteiger partial charge in [0.1, 0.15) is 0 Å². The number of nitrogens with zero attached hydrogens (tertiary/aromatic N) is 5. The van der Waals surface area contributed by atoms with E-state index in [-0.39, 0.29) is 17.9 Å². The third kappa shape index (κ3) is 10.6. The molecule has 2 aromatic rings. The Balaban J connectivity index is 0.00000481. The molecule has 0 spiro atoms. The van der Waals surface area contributed by atoms with Crippen LogP contribution >= 0.6 is 12.4 Å². The molecule has 0 saturated carbocycles. The van der Waals surface area contributed by atoms with E-state index in [1.54, 1.807) is 0 Å². The monoisotopic (exact) mass is 531 g/mol. The van der Waals surface area contributed by atoms with E-state index in [2.05, 4.69) is 75.0 Å². The zero-order valence-corrected chi connectivity index (χ0v) is 24.1. The highest BCUT2D eigenvalue weighted by Crippen LogP contribution is 2.26. The standard InChI is InChI=1S/C29H49N7.ClH/c1-4-26(29(30,5-2)6-3)23-36-21-19-34(24-27-11-7-9-13-32-27)17-15-31-16-18-35(20-22-36)25-28-12-8-10-14-33-28;/h7-14,26,31H,4-6,15-25,30H2,1-3H3;1H. The Morgan fingerprint density at radius 2 is 1.27 bits per heavy atom. The SMILES string of the molecule is CCC(CN1CCN(Cc2ccccn2)CCNCCN(Cc2ccccn2)CC1)C(N)(CC)CC.Cl. The van der Waals surface area contributed by atoms with Gasteiger partial charge in [-0.25, -0.2) is 0 Å². The van der Waals surface area contributed by atoms with Crippen molar-refractivity contribution in [3.05, 3.63) is 60.2 Å². The first-order valence-corrected chi connectivity index (χ1v) is 14.0. The van der Waals surface area contributed by atoms with E-state index in [9.17, 15) is 0 Å². The minimum absolute atomic E-state index is 0. The molecule has 0 amide bonds. The van der Waals surface area contributed by atoms with Gasteiger partial charge in [-0.1, -0.05) is 39.3 Å². The van der Waals surface area contributed by atoms with Crippen molar-refractivity contribution in [1.82, 2.24) is 30.0 Å². The molecule has 0 aromatic carbocycles. The summed E-state index contributed by atoms with van der Waals surface area (Å²) in [6, 6.07) is 12.4. The quantitative estimate of drug-likeness (QED) is 0.484. The highest BCUT2D eigenvalue weighted by molar-refractivity contribution is 5.85. The number of aromatic nitrogens is 2. The van der Waals surface area contributed by atoms with E-state index in [4.69, 9.17) is 5.73 Å². The maximum absolute atomic E-state index is 6.93. The van der Waals surface area contributed by atoms with Gasteiger partial charge in [0, 0.05) is 89.9 Å². The van der Waals surface area contributed by atoms with Crippen molar-refractivity contribution in [3.63, 3.8) is 0 Å². The first-order chi connectivity index (χ1) is 17.6. The van der Waals surface area contributed by atoms with Crippen LogP contribution in [0.5, 0.6) is 0 Å². The molecule has 1 unspecified atom stereocenters. The summed E-state index contributed by atoms with van der Waals surface area (Å²) < 4.78 is 0. The zero-order valence-electron chi connectivity index (χ0n) is 23.3. The third-order valence-electron chi connectivity index (χ3n) is 8.00. The largest absolute Gasteiger partial charge is 0.325 e. The summed E-state index contributed by atoms with van der Waals surface area (Å²) in [6.45, 7) is 17.8. The fourth-order valence-corrected chi connectivity index (χ4v) is 5.30. The van der Waals surface area contributed by atoms with E-state index in [1.807, 2.05) is 24.5 Å². The average Bonchev–Trinajstić information content (AvgIpc) is 2.91. The number of hydrogen-bond donors (Lipinski definition) is 2. The highest BCUT2D eigenvalue weighted by Gasteiger charge is 2.31. The molecule has 1 saturated heterocycles. The van der Waals surface area contributed by atoms with Crippen molar-refractivity contribution in [2.24, 2.45) is 11.7 Å². The molecule has 2 aromatic heterocycles. The second-order valence-electron chi connectivity index (χ2n) is 10.3. The van der Waals surface area contributed by atoms with E-state index >= 15 is 0 Å². The summed E-state index contributed by atoms with van der Waals surface area (Å²) in [5, 5.41) is 3.67. The van der Waals surface area contributed by atoms with Gasteiger partial charge in [-0.2, -0.15) is 0 Å². The average molecular weight is 532 g/mol. The van der Waals surface area contributed by atoms with Gasteiger partial charge in [0.25, 0.3) is 0 Å². The lowest BCUT2D eigenvalue weighted by Crippen LogP contribution is -2.52. The first-order valence-electron chi connectivity index (χ1n) is 14.0. The van der Waals surface area contributed by atoms with Gasteiger partial charge >= 0.3 is 0 Å². The van der Waals surface area contributed by atoms with Crippen LogP contribution in [0.1, 0.15) is 51.4 Å². The summed E-state index contributed by atoms with van der Waals surface area (Å²) in [4.78, 5) is 16.9. The van der Waals surface area contributed by atoms with Crippen LogP contribution in [-0.2, 0) is 13.1 Å². The van der Waals surface area contributed by atoms with Crippen molar-refractivity contribution < 1.29 is 0 Å². The lowest BCUT2D eigenvalue weighted by molar-refractivity contribution is 0.118. The number of halogens is 1. The van der Waals surface area contributed by atoms with E-state index in [0.29, 0.717) is 5.92 Å². The summed E-state index contributed by atoms with van der Waals surface area (Å²) >= 11 is 0. The van der Waals surface area contributed by atoms with Gasteiger partial charge in [0.05, 0.1) is 11.4 Å². The molecule has 3 heterocycles. The number of nitrogens with two attached hydrogens (primary N) is 1. The predicted molar refractivity (Wildman–Crippen MR) is 157 cm³/mol. The van der Waals surface area contributed by atoms with Gasteiger partial charge < -0.3 is 16.0 Å². The summed E-state index contributed by atoms with van der Waals surface area (Å²) in [6.07, 6.45) is 6.97. The summed E-state index contributed by atoms with van der Waals surface area (Å²) in [7, 11) is 0. The number of pyridine rings is 2. The van der Waals surface area contributed by atoms with Crippen LogP contribution in [0, 0.1) is 5.92 Å². The van der Waals surface area contributed by atoms with Gasteiger partial charge in [-0.05, 0) is 43.0 Å². The zero-order chi connectivity index (χ0) is 25.6. The van der Waals surface area contributed by atoms with Crippen LogP contribution in [0.25, 0.3) is 0 Å². The van der Waals surface area contributed by atoms with Crippen molar-refractivity contribution >= 4 is 12.4 Å². The van der Waals surface area contributed by atoms with Crippen molar-refractivity contribution in [2.75, 3.05) is 58.9 Å². The van der Waals surface area contributed by atoms with Gasteiger partial charge in [-0.3, -0.25) is 19.8 Å². The van der Waals surface area contributed by atoms with E-state index in [0.717, 1.165) is 103 Å². The smallest absolute Gasteiger partial charge is 0.0543 e. The molecular formula is C29H50ClN7. The fraction of sp³-hybridized carbons (Fsp3) is 0.655. The summed E-state index contributed by atoms with van der Waals surface area (Å²) in [5.74, 6) is 0.496. The van der Waals surface area contributed by atoms with Gasteiger partial charge in [-0.15, -0.1) is 12.4 Å². The second kappa shape index (κ2) is 17.1. The Kier molecular flexibility index (Phi) is 14.6. The molecule has 3 rings (SSSR count). The van der Waals surface area contributed by atoms with Crippen LogP contribution in [0.2, 0.25) is 0 Å². The van der Waals surface area contributed by atoms with E-state index < -0.39 is 0 Å². The molecular weight excluding hydrogens is 482 g/mol. The Labute approximate surface area is 231 Å². The molecule has 0 bridgehead atoms. The molecule has 8 heteroatoms. The Bertz CT molecular complexity index is 779. The van der Waals surface area contributed by atoms with Crippen LogP contribution in [0.15, 0.2) is 48.8 Å². The maximum Gasteiger partial charge on any atom is 0.0543 e. The van der Waals surface area contributed by atoms with Crippen molar-refractivity contribution in [1.29, 1.82) is 0 Å². The predicted octanol–water partition coefficient (Wildman–Crippen LogP) is 3.65. The number of hydrogen-bond acceptors (Lipinski definition) is 7. The Morgan fingerprint density at radius 3 is 1.68 bits per heavy atom. The van der Waals surface area contributed by atoms with E-state index in [1.165, 1.54) is 0 Å². The van der Waals surface area contributed by atoms with Crippen LogP contribution < -0.4 is 11.1 Å². The Morgan fingerprint density at radius 1 is 0.784 bits per heavy atom. The summed E-state index contributed by atoms with van der Waals surface area (Å²) in [5.41, 5.74) is 9.11. The van der Waals surface area contributed by atoms with Crippen molar-refractivity contribution in [2.45, 2.75) is 58.7 Å². The third-order valence-corrected chi connectivity index (χ3v) is 8.00. The molecule has 37 heavy (non-hydrogen) atoms. The number of rotatable bonds is 10. The second-order valence-corrected chi connectivity index (χ2v) is 10.3. The topological polar surface area (TPSA) is 73.5 Å². The van der Waals surface area contributed by atoms with Gasteiger partial charge in [0.2, 0.25) is 0 Å². The minimum Gasteiger partial charge on any atom is -0.325 e. The van der Waals surface area contributed by atoms with Crippen molar-refractivity contribution in [3.8, 4) is 0 Å². The molecule has 7 nitrogen and oxygen atoms in total. The molecule has 1 aliphatic rings. The van der Waals surface area contributed by atoms with Gasteiger partial charge in [0.15, 0.2) is 0 Å². The molecule has 1 atom stereocenters.